The molecule has 3 aliphatic heterocycles. The first-order valence-electron chi connectivity index (χ1n) is 17.9. The van der Waals surface area contributed by atoms with Crippen molar-refractivity contribution in [2.24, 2.45) is 34.5 Å². The van der Waals surface area contributed by atoms with Crippen LogP contribution in [0.15, 0.2) is 11.6 Å². The van der Waals surface area contributed by atoms with E-state index in [-0.39, 0.29) is 42.4 Å². The summed E-state index contributed by atoms with van der Waals surface area (Å²) >= 11 is 0. The molecule has 4 aliphatic carbocycles. The number of rotatable bonds is 6. The van der Waals surface area contributed by atoms with Crippen LogP contribution in [0, 0.1) is 34.5 Å². The average Bonchev–Trinajstić information content (AvgIpc) is 3.54. The molecule has 13 heteroatoms. The van der Waals surface area contributed by atoms with Crippen molar-refractivity contribution in [3.63, 3.8) is 0 Å². The fraction of sp³-hybridized carbons (Fsp3) is 0.914. The van der Waals surface area contributed by atoms with Crippen molar-refractivity contribution in [2.45, 2.75) is 152 Å². The lowest BCUT2D eigenvalue weighted by Crippen LogP contribution is -2.62. The van der Waals surface area contributed by atoms with E-state index >= 15 is 0 Å². The highest BCUT2D eigenvalue weighted by molar-refractivity contribution is 5.85. The molecular weight excluding hydrogens is 628 g/mol. The van der Waals surface area contributed by atoms with E-state index in [1.807, 2.05) is 0 Å². The second-order valence-electron chi connectivity index (χ2n) is 16.4. The van der Waals surface area contributed by atoms with E-state index in [1.54, 1.807) is 6.92 Å². The Kier molecular flexibility index (Phi) is 9.36. The maximum absolute atomic E-state index is 12.5. The predicted octanol–water partition coefficient (Wildman–Crippen LogP) is 0.280. The summed E-state index contributed by atoms with van der Waals surface area (Å²) in [4.78, 5) is 11.9. The highest BCUT2D eigenvalue weighted by Crippen LogP contribution is 2.70. The van der Waals surface area contributed by atoms with Crippen molar-refractivity contribution in [1.82, 2.24) is 0 Å². The third kappa shape index (κ3) is 5.51. The standard InChI is InChI=1S/C35H54O13/c1-16-31(48-32-30(42)29(41)28(40)24(14-36)47-32)22(37)12-26(45-16)46-19-6-8-33(2)18(11-19)4-5-21-20(33)7-9-34(3)27(17-10-25(39)44-15-17)23(38)13-35(21,34)43/h10,16,18-24,26-32,36-38,40-43H,4-9,11-15H2,1-3H3/t16-,18+,19+,20-,21-,22+,23+,24-,26+,27+,28-,29+,30-,31-,32+,33+,34-,35+/m1/s1. The SMILES string of the molecule is C[C@H]1O[C@@H](O[C@H]2CC[C@@]3(C)[C@@H](CC[C@@H]4[C@H]3CC[C@]3(C)[C@@H](C5=CC(=O)OC5)[C@@H](O)C[C@]43O)C2)C[C@H](O)[C@@H]1O[C@@H]1O[C@H](CO)[C@@H](O)[C@H](O)[C@H]1O. The monoisotopic (exact) mass is 682 g/mol. The van der Waals surface area contributed by atoms with E-state index in [0.717, 1.165) is 50.5 Å². The van der Waals surface area contributed by atoms with Crippen LogP contribution in [0.4, 0.5) is 0 Å². The van der Waals surface area contributed by atoms with E-state index in [9.17, 15) is 40.5 Å². The third-order valence-electron chi connectivity index (χ3n) is 14.0. The zero-order valence-electron chi connectivity index (χ0n) is 28.1. The van der Waals surface area contributed by atoms with Gasteiger partial charge in [0.15, 0.2) is 12.6 Å². The Morgan fingerprint density at radius 1 is 0.896 bits per heavy atom. The summed E-state index contributed by atoms with van der Waals surface area (Å²) in [6.45, 7) is 5.81. The average molecular weight is 683 g/mol. The Bertz CT molecular complexity index is 1230. The van der Waals surface area contributed by atoms with Gasteiger partial charge in [-0.25, -0.2) is 4.79 Å². The van der Waals surface area contributed by atoms with Gasteiger partial charge in [0, 0.05) is 30.3 Å². The van der Waals surface area contributed by atoms with Crippen molar-refractivity contribution in [3.05, 3.63) is 11.6 Å². The Hall–Kier alpha value is -1.23. The first-order chi connectivity index (χ1) is 22.7. The van der Waals surface area contributed by atoms with Gasteiger partial charge in [0.25, 0.3) is 0 Å². The summed E-state index contributed by atoms with van der Waals surface area (Å²) in [7, 11) is 0. The number of ether oxygens (including phenoxy) is 5. The van der Waals surface area contributed by atoms with Crippen molar-refractivity contribution < 1.29 is 64.2 Å². The minimum atomic E-state index is -1.58. The minimum Gasteiger partial charge on any atom is -0.458 e. The molecule has 0 bridgehead atoms. The molecule has 7 rings (SSSR count). The van der Waals surface area contributed by atoms with Crippen molar-refractivity contribution in [2.75, 3.05) is 13.2 Å². The summed E-state index contributed by atoms with van der Waals surface area (Å²) in [6.07, 6.45) is -3.04. The Labute approximate surface area is 281 Å². The molecule has 3 heterocycles. The molecular formula is C35H54O13. The summed E-state index contributed by atoms with van der Waals surface area (Å²) in [5.41, 5.74) is -0.737. The molecule has 18 atom stereocenters. The lowest BCUT2D eigenvalue weighted by atomic mass is 9.43. The van der Waals surface area contributed by atoms with Crippen LogP contribution in [0.5, 0.6) is 0 Å². The van der Waals surface area contributed by atoms with Crippen LogP contribution in [-0.2, 0) is 28.5 Å². The molecule has 0 aromatic carbocycles. The fourth-order valence-electron chi connectivity index (χ4n) is 11.4. The van der Waals surface area contributed by atoms with Crippen LogP contribution >= 0.6 is 0 Å². The summed E-state index contributed by atoms with van der Waals surface area (Å²) in [5.74, 6) is 0.0985. The van der Waals surface area contributed by atoms with Crippen LogP contribution in [0.1, 0.15) is 78.6 Å². The van der Waals surface area contributed by atoms with Crippen molar-refractivity contribution >= 4 is 5.97 Å². The molecule has 7 N–H and O–H groups in total. The topological polar surface area (TPSA) is 205 Å². The maximum atomic E-state index is 12.5. The molecule has 0 radical (unpaired) electrons. The molecule has 13 nitrogen and oxygen atoms in total. The third-order valence-corrected chi connectivity index (χ3v) is 14.0. The molecule has 6 fully saturated rings. The first-order valence-corrected chi connectivity index (χ1v) is 17.9. The number of aliphatic hydroxyl groups is 7. The molecule has 0 amide bonds. The van der Waals surface area contributed by atoms with E-state index in [4.69, 9.17) is 23.7 Å². The van der Waals surface area contributed by atoms with Gasteiger partial charge in [-0.1, -0.05) is 13.8 Å². The number of hydrogen-bond donors (Lipinski definition) is 7. The Morgan fingerprint density at radius 3 is 2.35 bits per heavy atom. The van der Waals surface area contributed by atoms with Gasteiger partial charge in [0.05, 0.1) is 36.6 Å². The van der Waals surface area contributed by atoms with Crippen LogP contribution < -0.4 is 0 Å². The Balaban J connectivity index is 0.969. The molecule has 48 heavy (non-hydrogen) atoms. The van der Waals surface area contributed by atoms with Crippen LogP contribution in [0.3, 0.4) is 0 Å². The van der Waals surface area contributed by atoms with Crippen LogP contribution in [0.2, 0.25) is 0 Å². The van der Waals surface area contributed by atoms with Crippen molar-refractivity contribution in [3.8, 4) is 0 Å². The van der Waals surface area contributed by atoms with Crippen LogP contribution in [-0.4, -0.2) is 128 Å². The largest absolute Gasteiger partial charge is 0.458 e. The normalized spacial score (nSPS) is 55.3. The minimum absolute atomic E-state index is 0.0130. The van der Waals surface area contributed by atoms with Gasteiger partial charge in [-0.05, 0) is 80.6 Å². The Morgan fingerprint density at radius 2 is 1.67 bits per heavy atom. The summed E-state index contributed by atoms with van der Waals surface area (Å²) in [5, 5.41) is 74.9. The number of hydrogen-bond acceptors (Lipinski definition) is 13. The van der Waals surface area contributed by atoms with E-state index < -0.39 is 79.0 Å². The molecule has 2 saturated heterocycles. The number of cyclic esters (lactones) is 1. The van der Waals surface area contributed by atoms with Crippen LogP contribution in [0.25, 0.3) is 0 Å². The first kappa shape index (κ1) is 35.2. The van der Waals surface area contributed by atoms with Gasteiger partial charge in [-0.2, -0.15) is 0 Å². The zero-order chi connectivity index (χ0) is 34.3. The van der Waals surface area contributed by atoms with E-state index in [1.165, 1.54) is 6.08 Å². The van der Waals surface area contributed by atoms with Gasteiger partial charge in [-0.3, -0.25) is 0 Å². The molecule has 0 aromatic rings. The van der Waals surface area contributed by atoms with Gasteiger partial charge in [0.1, 0.15) is 37.1 Å². The quantitative estimate of drug-likeness (QED) is 0.149. The molecule has 7 aliphatic rings. The number of esters is 1. The second kappa shape index (κ2) is 12.8. The second-order valence-corrected chi connectivity index (χ2v) is 16.4. The molecule has 0 unspecified atom stereocenters. The molecule has 0 aromatic heterocycles. The highest BCUT2D eigenvalue weighted by Gasteiger charge is 2.70. The molecule has 4 saturated carbocycles. The van der Waals surface area contributed by atoms with Crippen molar-refractivity contribution in [1.29, 1.82) is 0 Å². The van der Waals surface area contributed by atoms with Gasteiger partial charge < -0.3 is 59.4 Å². The van der Waals surface area contributed by atoms with Gasteiger partial charge >= 0.3 is 5.97 Å². The van der Waals surface area contributed by atoms with E-state index in [2.05, 4.69) is 13.8 Å². The number of fused-ring (bicyclic) bond motifs is 5. The fourth-order valence-corrected chi connectivity index (χ4v) is 11.4. The van der Waals surface area contributed by atoms with Gasteiger partial charge in [-0.15, -0.1) is 0 Å². The molecule has 0 spiro atoms. The highest BCUT2D eigenvalue weighted by atomic mass is 16.7. The lowest BCUT2D eigenvalue weighted by molar-refractivity contribution is -0.344. The summed E-state index contributed by atoms with van der Waals surface area (Å²) < 4.78 is 29.1. The zero-order valence-corrected chi connectivity index (χ0v) is 28.1. The lowest BCUT2D eigenvalue weighted by Gasteiger charge is -2.63. The summed E-state index contributed by atoms with van der Waals surface area (Å²) in [6, 6.07) is 0. The number of carbonyl (C=O) groups is 1. The maximum Gasteiger partial charge on any atom is 0.331 e. The number of carbonyl (C=O) groups excluding carboxylic acids is 1. The number of aliphatic hydroxyl groups excluding tert-OH is 6. The van der Waals surface area contributed by atoms with Gasteiger partial charge in [0.2, 0.25) is 0 Å². The smallest absolute Gasteiger partial charge is 0.331 e. The predicted molar refractivity (Wildman–Crippen MR) is 166 cm³/mol. The molecule has 272 valence electrons. The van der Waals surface area contributed by atoms with E-state index in [0.29, 0.717) is 18.3 Å².